The molecule has 0 saturated heterocycles. The summed E-state index contributed by atoms with van der Waals surface area (Å²) >= 11 is 0.793. The van der Waals surface area contributed by atoms with Gasteiger partial charge < -0.3 is 20.1 Å². The van der Waals surface area contributed by atoms with Crippen LogP contribution in [0.3, 0.4) is 0 Å². The number of carbonyl (C=O) groups excluding carboxylic acids is 2. The van der Waals surface area contributed by atoms with Gasteiger partial charge in [-0.2, -0.15) is 12.8 Å². The molecule has 0 radical (unpaired) electrons. The van der Waals surface area contributed by atoms with Gasteiger partial charge in [-0.3, -0.25) is 9.59 Å². The number of ether oxygens (including phenoxy) is 1. The summed E-state index contributed by atoms with van der Waals surface area (Å²) in [6.45, 7) is 3.47. The molecule has 1 saturated carbocycles. The van der Waals surface area contributed by atoms with Crippen LogP contribution in [-0.2, 0) is 30.8 Å². The summed E-state index contributed by atoms with van der Waals surface area (Å²) in [6.07, 6.45) is 13.1. The Morgan fingerprint density at radius 3 is 2.66 bits per heavy atom. The van der Waals surface area contributed by atoms with Gasteiger partial charge in [0.2, 0.25) is 0 Å². The average molecular weight is 614 g/mol. The van der Waals surface area contributed by atoms with E-state index in [2.05, 4.69) is 21.5 Å². The second kappa shape index (κ2) is 18.3. The zero-order chi connectivity index (χ0) is 30.3. The Balaban J connectivity index is 1.65. The number of aliphatic hydroxyl groups is 3. The molecule has 0 bridgehead atoms. The molecule has 11 nitrogen and oxygen atoms in total. The molecule has 13 heteroatoms. The summed E-state index contributed by atoms with van der Waals surface area (Å²) in [5.41, 5.74) is 0. The SMILES string of the molecule is CCCCC[C@H](O)/C=C/[C@@H]1[C@@H](C/C=C\CCCC(=O)OCCC=NS(=O)(=O)c2nnc(CC(C)=O)s2)[C@@H](O)C[C@H]1O. The number of allylic oxidation sites excluding steroid dienone is 2. The number of sulfonamides is 1. The highest BCUT2D eigenvalue weighted by Crippen LogP contribution is 2.36. The van der Waals surface area contributed by atoms with E-state index in [0.29, 0.717) is 37.1 Å². The molecule has 0 amide bonds. The highest BCUT2D eigenvalue weighted by atomic mass is 32.2. The first-order valence-corrected chi connectivity index (χ1v) is 16.4. The summed E-state index contributed by atoms with van der Waals surface area (Å²) in [6, 6.07) is 0. The van der Waals surface area contributed by atoms with Crippen LogP contribution in [0.15, 0.2) is 33.0 Å². The number of nitrogens with zero attached hydrogens (tertiary/aromatic N) is 3. The van der Waals surface area contributed by atoms with Crippen molar-refractivity contribution >= 4 is 39.3 Å². The number of ketones is 1. The standard InChI is InChI=1S/C28H43N3O8S2/c1-3-4-7-11-21(33)14-15-23-22(24(34)19-25(23)35)12-8-5-6-9-13-27(36)39-17-10-16-29-41(37,38)28-31-30-26(40-28)18-20(2)32/h5,8,14-16,21-25,33-35H,3-4,6-7,9-13,17-19H2,1-2H3/b8-5-,15-14+,29-16?/t21-,22+,23+,24-,25+/m0/s1. The number of aromatic nitrogens is 2. The maximum atomic E-state index is 12.2. The van der Waals surface area contributed by atoms with Gasteiger partial charge >= 0.3 is 16.0 Å². The predicted molar refractivity (Wildman–Crippen MR) is 156 cm³/mol. The zero-order valence-electron chi connectivity index (χ0n) is 23.8. The molecule has 5 atom stereocenters. The van der Waals surface area contributed by atoms with E-state index in [-0.39, 0.29) is 47.8 Å². The van der Waals surface area contributed by atoms with Crippen molar-refractivity contribution in [3.05, 3.63) is 29.3 Å². The fourth-order valence-electron chi connectivity index (χ4n) is 4.52. The van der Waals surface area contributed by atoms with E-state index in [1.807, 2.05) is 18.2 Å². The van der Waals surface area contributed by atoms with Crippen LogP contribution in [-0.4, -0.2) is 76.8 Å². The molecule has 3 N–H and O–H groups in total. The second-order valence-electron chi connectivity index (χ2n) is 10.3. The van der Waals surface area contributed by atoms with Gasteiger partial charge in [-0.15, -0.1) is 10.2 Å². The van der Waals surface area contributed by atoms with Crippen LogP contribution in [0, 0.1) is 11.8 Å². The lowest BCUT2D eigenvalue weighted by atomic mass is 9.89. The van der Waals surface area contributed by atoms with Gasteiger partial charge in [-0.25, -0.2) is 0 Å². The quantitative estimate of drug-likeness (QED) is 0.0908. The smallest absolute Gasteiger partial charge is 0.311 e. The number of esters is 1. The topological polar surface area (TPSA) is 176 Å². The minimum absolute atomic E-state index is 0.0104. The van der Waals surface area contributed by atoms with Gasteiger partial charge in [0.15, 0.2) is 0 Å². The molecule has 1 heterocycles. The maximum absolute atomic E-state index is 12.2. The van der Waals surface area contributed by atoms with Gasteiger partial charge in [0.1, 0.15) is 10.8 Å². The van der Waals surface area contributed by atoms with Gasteiger partial charge in [0.25, 0.3) is 4.34 Å². The number of rotatable bonds is 19. The molecule has 1 aromatic heterocycles. The van der Waals surface area contributed by atoms with E-state index in [4.69, 9.17) is 4.74 Å². The Hall–Kier alpha value is -2.32. The van der Waals surface area contributed by atoms with E-state index in [1.54, 1.807) is 6.08 Å². The summed E-state index contributed by atoms with van der Waals surface area (Å²) in [5.74, 6) is -0.899. The first kappa shape index (κ1) is 34.9. The number of hydrogen-bond donors (Lipinski definition) is 3. The van der Waals surface area contributed by atoms with E-state index < -0.39 is 34.3 Å². The molecule has 0 aliphatic heterocycles. The number of carbonyl (C=O) groups is 2. The van der Waals surface area contributed by atoms with Crippen molar-refractivity contribution in [2.24, 2.45) is 16.2 Å². The van der Waals surface area contributed by atoms with Crippen LogP contribution in [0.1, 0.15) is 83.1 Å². The maximum Gasteiger partial charge on any atom is 0.311 e. The van der Waals surface area contributed by atoms with E-state index >= 15 is 0 Å². The predicted octanol–water partition coefficient (Wildman–Crippen LogP) is 3.33. The van der Waals surface area contributed by atoms with E-state index in [9.17, 15) is 33.3 Å². The van der Waals surface area contributed by atoms with Crippen LogP contribution < -0.4 is 0 Å². The molecule has 0 unspecified atom stereocenters. The first-order valence-electron chi connectivity index (χ1n) is 14.2. The van der Waals surface area contributed by atoms with E-state index in [1.165, 1.54) is 6.92 Å². The molecule has 0 spiro atoms. The molecule has 41 heavy (non-hydrogen) atoms. The summed E-state index contributed by atoms with van der Waals surface area (Å²) in [4.78, 5) is 23.1. The Morgan fingerprint density at radius 1 is 1.15 bits per heavy atom. The third kappa shape index (κ3) is 13.0. The average Bonchev–Trinajstić information content (AvgIpc) is 3.48. The van der Waals surface area contributed by atoms with Crippen molar-refractivity contribution in [2.45, 2.75) is 107 Å². The Kier molecular flexibility index (Phi) is 15.5. The summed E-state index contributed by atoms with van der Waals surface area (Å²) < 4.78 is 32.7. The van der Waals surface area contributed by atoms with Crippen molar-refractivity contribution in [2.75, 3.05) is 6.61 Å². The third-order valence-electron chi connectivity index (χ3n) is 6.69. The molecule has 230 valence electrons. The van der Waals surface area contributed by atoms with Crippen molar-refractivity contribution in [3.63, 3.8) is 0 Å². The van der Waals surface area contributed by atoms with Crippen molar-refractivity contribution in [1.82, 2.24) is 10.2 Å². The molecular formula is C28H43N3O8S2. The van der Waals surface area contributed by atoms with Crippen LogP contribution in [0.5, 0.6) is 0 Å². The lowest BCUT2D eigenvalue weighted by Crippen LogP contribution is -2.20. The summed E-state index contributed by atoms with van der Waals surface area (Å²) in [7, 11) is -4.02. The molecule has 0 aromatic carbocycles. The van der Waals surface area contributed by atoms with Crippen molar-refractivity contribution < 1.29 is 38.1 Å². The molecule has 1 aliphatic carbocycles. The van der Waals surface area contributed by atoms with Crippen LogP contribution in [0.4, 0.5) is 0 Å². The van der Waals surface area contributed by atoms with Gasteiger partial charge in [-0.05, 0) is 38.5 Å². The fourth-order valence-corrected chi connectivity index (χ4v) is 6.53. The van der Waals surface area contributed by atoms with Crippen LogP contribution in [0.25, 0.3) is 0 Å². The molecular weight excluding hydrogens is 570 g/mol. The second-order valence-corrected chi connectivity index (χ2v) is 13.1. The van der Waals surface area contributed by atoms with Gasteiger partial charge in [0.05, 0.1) is 31.3 Å². The summed E-state index contributed by atoms with van der Waals surface area (Å²) in [5, 5.41) is 38.4. The number of unbranched alkanes of at least 4 members (excludes halogenated alkanes) is 3. The third-order valence-corrected chi connectivity index (χ3v) is 9.24. The molecule has 1 aromatic rings. The van der Waals surface area contributed by atoms with Crippen molar-refractivity contribution in [3.8, 4) is 0 Å². The molecule has 1 fully saturated rings. The number of Topliss-reactive ketones (excluding diaryl/α,β-unsaturated/α-hetero) is 1. The number of hydrogen-bond acceptors (Lipinski definition) is 11. The Labute approximate surface area is 246 Å². The van der Waals surface area contributed by atoms with Gasteiger partial charge in [-0.1, -0.05) is 61.8 Å². The van der Waals surface area contributed by atoms with Crippen LogP contribution >= 0.6 is 11.3 Å². The highest BCUT2D eigenvalue weighted by Gasteiger charge is 2.39. The normalized spacial score (nSPS) is 22.3. The molecule has 2 rings (SSSR count). The minimum Gasteiger partial charge on any atom is -0.465 e. The number of aliphatic hydroxyl groups excluding tert-OH is 3. The minimum atomic E-state index is -4.02. The zero-order valence-corrected chi connectivity index (χ0v) is 25.4. The Morgan fingerprint density at radius 2 is 1.93 bits per heavy atom. The highest BCUT2D eigenvalue weighted by molar-refractivity contribution is 7.92. The first-order chi connectivity index (χ1) is 19.5. The van der Waals surface area contributed by atoms with Gasteiger partial charge in [0, 0.05) is 31.4 Å². The lowest BCUT2D eigenvalue weighted by Gasteiger charge is -2.19. The monoisotopic (exact) mass is 613 g/mol. The van der Waals surface area contributed by atoms with E-state index in [0.717, 1.165) is 36.8 Å². The largest absolute Gasteiger partial charge is 0.465 e. The Bertz CT molecular complexity index is 1150. The molecule has 1 aliphatic rings. The van der Waals surface area contributed by atoms with Crippen LogP contribution in [0.2, 0.25) is 0 Å². The fraction of sp³-hybridized carbons (Fsp3) is 0.679. The lowest BCUT2D eigenvalue weighted by molar-refractivity contribution is -0.143. The van der Waals surface area contributed by atoms with Crippen molar-refractivity contribution in [1.29, 1.82) is 0 Å².